The molecule has 0 aliphatic heterocycles. The van der Waals surface area contributed by atoms with E-state index >= 15 is 0 Å². The van der Waals surface area contributed by atoms with Gasteiger partial charge in [-0.3, -0.25) is 0 Å². The minimum Gasteiger partial charge on any atom is -0.456 e. The van der Waals surface area contributed by atoms with Crippen LogP contribution in [-0.2, 0) is 5.41 Å². The molecule has 70 heavy (non-hydrogen) atoms. The predicted molar refractivity (Wildman–Crippen MR) is 292 cm³/mol. The Hall–Kier alpha value is -8.66. The fourth-order valence-corrected chi connectivity index (χ4v) is 12.6. The first kappa shape index (κ1) is 39.3. The van der Waals surface area contributed by atoms with Crippen LogP contribution in [0.1, 0.15) is 59.6 Å². The summed E-state index contributed by atoms with van der Waals surface area (Å²) in [7, 11) is 0. The summed E-state index contributed by atoms with van der Waals surface area (Å²) >= 11 is 0. The second kappa shape index (κ2) is 14.7. The van der Waals surface area contributed by atoms with Gasteiger partial charge in [-0.25, -0.2) is 0 Å². The number of allylic oxidation sites excluding steroid dienone is 1. The number of benzene rings is 10. The van der Waals surface area contributed by atoms with Crippen molar-refractivity contribution in [1.29, 1.82) is 0 Å². The van der Waals surface area contributed by atoms with Gasteiger partial charge >= 0.3 is 0 Å². The number of nitrogens with zero attached hydrogens (tertiary/aromatic N) is 1. The van der Waals surface area contributed by atoms with Crippen LogP contribution in [0.25, 0.3) is 110 Å². The van der Waals surface area contributed by atoms with E-state index in [0.717, 1.165) is 45.1 Å². The summed E-state index contributed by atoms with van der Waals surface area (Å²) in [6.45, 7) is 4.68. The summed E-state index contributed by atoms with van der Waals surface area (Å²) in [6, 6.07) is 77.4. The van der Waals surface area contributed by atoms with E-state index in [1.54, 1.807) is 0 Å². The maximum absolute atomic E-state index is 6.52. The predicted octanol–water partition coefficient (Wildman–Crippen LogP) is 17.9. The van der Waals surface area contributed by atoms with Gasteiger partial charge in [-0.15, -0.1) is 0 Å². The number of para-hydroxylation sites is 2. The number of nitrogens with one attached hydrogen (secondary N) is 1. The number of fused-ring (bicyclic) bond motifs is 15. The van der Waals surface area contributed by atoms with E-state index in [1.807, 2.05) is 0 Å². The molecule has 0 saturated carbocycles. The third kappa shape index (κ3) is 5.63. The summed E-state index contributed by atoms with van der Waals surface area (Å²) in [6.07, 6.45) is 3.53. The van der Waals surface area contributed by atoms with Crippen LogP contribution in [0.15, 0.2) is 223 Å². The Bertz CT molecular complexity index is 4350. The van der Waals surface area contributed by atoms with Gasteiger partial charge in [0.25, 0.3) is 0 Å². The van der Waals surface area contributed by atoms with Crippen molar-refractivity contribution in [3.05, 3.63) is 252 Å². The lowest BCUT2D eigenvalue weighted by atomic mass is 9.79. The highest BCUT2D eigenvalue weighted by molar-refractivity contribution is 6.18. The molecule has 3 heterocycles. The fraction of sp³-hybridized carbons (Fsp3) is 0.0746. The first-order valence-electron chi connectivity index (χ1n) is 24.6. The monoisotopic (exact) mass is 894 g/mol. The second-order valence-electron chi connectivity index (χ2n) is 20.0. The molecule has 3 aliphatic rings. The van der Waals surface area contributed by atoms with E-state index in [4.69, 9.17) is 4.42 Å². The zero-order valence-corrected chi connectivity index (χ0v) is 38.9. The topological polar surface area (TPSA) is 33.9 Å². The van der Waals surface area contributed by atoms with E-state index < -0.39 is 0 Å². The second-order valence-corrected chi connectivity index (χ2v) is 20.0. The first-order chi connectivity index (χ1) is 34.5. The number of rotatable bonds is 3. The molecule has 0 fully saturated rings. The molecule has 330 valence electrons. The van der Waals surface area contributed by atoms with Crippen molar-refractivity contribution in [3.63, 3.8) is 0 Å². The molecule has 0 bridgehead atoms. The quantitative estimate of drug-likeness (QED) is 0.188. The maximum atomic E-state index is 6.52. The van der Waals surface area contributed by atoms with Crippen molar-refractivity contribution in [1.82, 2.24) is 9.55 Å². The molecule has 0 spiro atoms. The van der Waals surface area contributed by atoms with Crippen LogP contribution in [0.4, 0.5) is 0 Å². The van der Waals surface area contributed by atoms with Gasteiger partial charge in [0.05, 0.1) is 11.0 Å². The van der Waals surface area contributed by atoms with Gasteiger partial charge in [0.1, 0.15) is 11.2 Å². The zero-order chi connectivity index (χ0) is 46.2. The molecular weight excluding hydrogens is 849 g/mol. The van der Waals surface area contributed by atoms with Gasteiger partial charge in [0, 0.05) is 66.4 Å². The average Bonchev–Trinajstić information content (AvgIpc) is 4.19. The third-order valence-electron chi connectivity index (χ3n) is 15.9. The first-order valence-corrected chi connectivity index (χ1v) is 24.6. The average molecular weight is 895 g/mol. The molecule has 16 rings (SSSR count). The molecule has 13 aromatic rings. The van der Waals surface area contributed by atoms with Crippen molar-refractivity contribution in [2.75, 3.05) is 0 Å². The number of H-pyrrole nitrogens is 1. The third-order valence-corrected chi connectivity index (χ3v) is 15.9. The number of aromatic nitrogens is 2. The molecule has 3 aliphatic carbocycles. The highest BCUT2D eigenvalue weighted by atomic mass is 16.3. The summed E-state index contributed by atoms with van der Waals surface area (Å²) in [5.41, 5.74) is 25.5. The Morgan fingerprint density at radius 3 is 2.00 bits per heavy atom. The molecule has 0 saturated heterocycles. The molecule has 0 amide bonds. The van der Waals surface area contributed by atoms with Gasteiger partial charge in [-0.2, -0.15) is 0 Å². The van der Waals surface area contributed by atoms with Crippen molar-refractivity contribution in [2.45, 2.75) is 31.6 Å². The molecule has 3 heteroatoms. The molecule has 10 aromatic carbocycles. The lowest BCUT2D eigenvalue weighted by molar-refractivity contribution is 0.661. The Morgan fingerprint density at radius 1 is 0.457 bits per heavy atom. The van der Waals surface area contributed by atoms with Crippen LogP contribution in [0.2, 0.25) is 0 Å². The summed E-state index contributed by atoms with van der Waals surface area (Å²) in [4.78, 5) is 3.73. The van der Waals surface area contributed by atoms with E-state index in [0.29, 0.717) is 5.92 Å². The molecule has 0 radical (unpaired) electrons. The van der Waals surface area contributed by atoms with Gasteiger partial charge < -0.3 is 14.0 Å². The standard InChI is InChI=1S/C45H30N2O.C22H16/c1-45(2)37-14-8-6-12-29(37)31-22-33-32-20-26(16-18-39(32)46-40(33)24-38(31)45)27-17-19-43-35(21-27)36-23-34-30-13-7-9-15-41(30)47(28-10-4-3-5-11-28)42(34)25-44(36)48-43;1-2-7-15(8-3-1)16-13-14-21-18-10-5-4-9-17(18)20-12-6-11-19(16)22(20)21/h3-25,46H,1-2H3;1-12,14,16H,13H2. The number of hydrogen-bond donors (Lipinski definition) is 1. The van der Waals surface area contributed by atoms with Crippen LogP contribution >= 0.6 is 0 Å². The minimum atomic E-state index is -0.0205. The Kier molecular flexibility index (Phi) is 8.25. The molecule has 3 nitrogen and oxygen atoms in total. The van der Waals surface area contributed by atoms with E-state index in [-0.39, 0.29) is 5.41 Å². The van der Waals surface area contributed by atoms with Crippen molar-refractivity contribution in [3.8, 4) is 39.1 Å². The summed E-state index contributed by atoms with van der Waals surface area (Å²) in [5.74, 6) is 0.481. The summed E-state index contributed by atoms with van der Waals surface area (Å²) in [5, 5.41) is 7.26. The maximum Gasteiger partial charge on any atom is 0.137 e. The highest BCUT2D eigenvalue weighted by Gasteiger charge is 2.36. The number of hydrogen-bond acceptors (Lipinski definition) is 1. The Morgan fingerprint density at radius 2 is 1.14 bits per heavy atom. The molecule has 1 atom stereocenters. The number of aromatic amines is 1. The SMILES string of the molecule is C1=C2c3ccccc3-c3cccc(c32)C(c2ccccc2)C1.CC1(C)c2ccccc2-c2cc3c(cc21)[nH]c1ccc(-c2ccc4oc5cc6c(cc5c4c2)c2ccccc2n6-c2ccccc2)cc13. The molecule has 1 unspecified atom stereocenters. The van der Waals surface area contributed by atoms with Gasteiger partial charge in [0.15, 0.2) is 0 Å². The largest absolute Gasteiger partial charge is 0.456 e. The lowest BCUT2D eigenvalue weighted by Gasteiger charge is -2.25. The zero-order valence-electron chi connectivity index (χ0n) is 38.9. The smallest absolute Gasteiger partial charge is 0.137 e. The van der Waals surface area contributed by atoms with E-state index in [2.05, 4.69) is 242 Å². The molecule has 3 aromatic heterocycles. The van der Waals surface area contributed by atoms with E-state index in [9.17, 15) is 0 Å². The van der Waals surface area contributed by atoms with Gasteiger partial charge in [-0.1, -0.05) is 166 Å². The Balaban J connectivity index is 0.000000167. The van der Waals surface area contributed by atoms with Crippen LogP contribution in [-0.4, -0.2) is 9.55 Å². The number of furan rings is 1. The lowest BCUT2D eigenvalue weighted by Crippen LogP contribution is -2.14. The highest BCUT2D eigenvalue weighted by Crippen LogP contribution is 2.53. The van der Waals surface area contributed by atoms with Crippen LogP contribution in [0.5, 0.6) is 0 Å². The van der Waals surface area contributed by atoms with Crippen molar-refractivity contribution >= 4 is 71.1 Å². The van der Waals surface area contributed by atoms with Crippen LogP contribution in [0, 0.1) is 0 Å². The summed E-state index contributed by atoms with van der Waals surface area (Å²) < 4.78 is 8.86. The van der Waals surface area contributed by atoms with Gasteiger partial charge in [0.2, 0.25) is 0 Å². The molecular formula is C67H46N2O. The molecule has 1 N–H and O–H groups in total. The normalized spacial score (nSPS) is 15.0. The van der Waals surface area contributed by atoms with E-state index in [1.165, 1.54) is 105 Å². The van der Waals surface area contributed by atoms with Crippen LogP contribution in [0.3, 0.4) is 0 Å². The van der Waals surface area contributed by atoms with Crippen LogP contribution < -0.4 is 0 Å². The van der Waals surface area contributed by atoms with Crippen molar-refractivity contribution in [2.24, 2.45) is 0 Å². The fourth-order valence-electron chi connectivity index (χ4n) is 12.6. The minimum absolute atomic E-state index is 0.0205. The van der Waals surface area contributed by atoms with Gasteiger partial charge in [-0.05, 0) is 139 Å². The Labute approximate surface area is 405 Å². The van der Waals surface area contributed by atoms with Crippen molar-refractivity contribution < 1.29 is 4.42 Å².